The van der Waals surface area contributed by atoms with Crippen molar-refractivity contribution in [1.29, 1.82) is 0 Å². The lowest BCUT2D eigenvalue weighted by molar-refractivity contribution is -0.121. The summed E-state index contributed by atoms with van der Waals surface area (Å²) in [7, 11) is 0. The highest BCUT2D eigenvalue weighted by atomic mass is 35.5. The van der Waals surface area contributed by atoms with Gasteiger partial charge in [-0.05, 0) is 55.3 Å². The van der Waals surface area contributed by atoms with Crippen molar-refractivity contribution in [1.82, 2.24) is 15.3 Å². The number of halogens is 1. The van der Waals surface area contributed by atoms with E-state index in [2.05, 4.69) is 21.4 Å². The minimum atomic E-state index is -0.178. The van der Waals surface area contributed by atoms with E-state index in [9.17, 15) is 9.59 Å². The first kappa shape index (κ1) is 22.5. The molecule has 34 heavy (non-hydrogen) atoms. The van der Waals surface area contributed by atoms with Crippen molar-refractivity contribution in [3.05, 3.63) is 75.9 Å². The van der Waals surface area contributed by atoms with Gasteiger partial charge in [-0.3, -0.25) is 14.6 Å². The highest BCUT2D eigenvalue weighted by Crippen LogP contribution is 2.41. The number of amides is 1. The lowest BCUT2D eigenvalue weighted by Gasteiger charge is -2.12. The summed E-state index contributed by atoms with van der Waals surface area (Å²) in [5, 5.41) is 3.49. The van der Waals surface area contributed by atoms with Crippen LogP contribution in [0.3, 0.4) is 0 Å². The number of ether oxygens (including phenoxy) is 1. The molecule has 0 aliphatic carbocycles. The minimum absolute atomic E-state index is 0.0512. The van der Waals surface area contributed by atoms with Crippen molar-refractivity contribution in [3.63, 3.8) is 0 Å². The molecule has 0 bridgehead atoms. The summed E-state index contributed by atoms with van der Waals surface area (Å²) in [6.07, 6.45) is 3.05. The Hall–Kier alpha value is -3.29. The van der Waals surface area contributed by atoms with E-state index >= 15 is 0 Å². The van der Waals surface area contributed by atoms with Gasteiger partial charge in [0.1, 0.15) is 11.9 Å². The standard InChI is InChI=1S/C26H22ClN3O3S/c1-15(31)23-7-8-24(34-23)16-10-17-11-19(33-26(17)20(27)12-16)14-29-25(32)9-6-18-13-28-21-4-2-3-5-22(21)30-18/h2-5,7-8,10,12-13,19H,6,9,11,14H2,1H3,(H,29,32). The molecule has 172 valence electrons. The van der Waals surface area contributed by atoms with Crippen LogP contribution in [-0.4, -0.2) is 34.3 Å². The number of aromatic nitrogens is 2. The molecular weight excluding hydrogens is 470 g/mol. The summed E-state index contributed by atoms with van der Waals surface area (Å²) in [4.78, 5) is 34.7. The van der Waals surface area contributed by atoms with Crippen LogP contribution in [0.2, 0.25) is 5.02 Å². The van der Waals surface area contributed by atoms with Gasteiger partial charge < -0.3 is 10.1 Å². The molecule has 0 radical (unpaired) electrons. The maximum absolute atomic E-state index is 12.4. The minimum Gasteiger partial charge on any atom is -0.486 e. The summed E-state index contributed by atoms with van der Waals surface area (Å²) in [5.74, 6) is 0.659. The Kier molecular flexibility index (Phi) is 6.30. The lowest BCUT2D eigenvalue weighted by Crippen LogP contribution is -2.34. The molecule has 0 spiro atoms. The van der Waals surface area contributed by atoms with Crippen LogP contribution in [-0.2, 0) is 17.6 Å². The first-order chi connectivity index (χ1) is 16.5. The number of thiophene rings is 1. The third kappa shape index (κ3) is 4.81. The molecule has 1 amide bonds. The van der Waals surface area contributed by atoms with Gasteiger partial charge in [-0.1, -0.05) is 23.7 Å². The van der Waals surface area contributed by atoms with Crippen LogP contribution in [0.15, 0.2) is 54.7 Å². The number of hydrogen-bond donors (Lipinski definition) is 1. The number of nitrogens with one attached hydrogen (secondary N) is 1. The van der Waals surface area contributed by atoms with Gasteiger partial charge in [0, 0.05) is 29.5 Å². The second kappa shape index (κ2) is 9.52. The normalized spacial score (nSPS) is 14.6. The smallest absolute Gasteiger partial charge is 0.220 e. The number of rotatable bonds is 7. The number of fused-ring (bicyclic) bond motifs is 2. The summed E-state index contributed by atoms with van der Waals surface area (Å²) < 4.78 is 6.01. The SMILES string of the molecule is CC(=O)c1ccc(-c2cc(Cl)c3c(c2)CC(CNC(=O)CCc2cnc4ccccc4n2)O3)s1. The third-order valence-corrected chi connectivity index (χ3v) is 7.24. The molecule has 0 fully saturated rings. The number of aryl methyl sites for hydroxylation is 1. The van der Waals surface area contributed by atoms with Crippen LogP contribution in [0.25, 0.3) is 21.5 Å². The quantitative estimate of drug-likeness (QED) is 0.356. The zero-order valence-electron chi connectivity index (χ0n) is 18.5. The van der Waals surface area contributed by atoms with Crippen molar-refractivity contribution >= 4 is 45.7 Å². The predicted octanol–water partition coefficient (Wildman–Crippen LogP) is 5.27. The van der Waals surface area contributed by atoms with E-state index in [1.807, 2.05) is 42.5 Å². The molecule has 5 rings (SSSR count). The van der Waals surface area contributed by atoms with E-state index in [0.717, 1.165) is 37.6 Å². The van der Waals surface area contributed by atoms with Gasteiger partial charge in [0.25, 0.3) is 0 Å². The van der Waals surface area contributed by atoms with Crippen molar-refractivity contribution in [2.75, 3.05) is 6.54 Å². The molecule has 1 atom stereocenters. The van der Waals surface area contributed by atoms with E-state index in [-0.39, 0.29) is 17.8 Å². The number of nitrogens with zero attached hydrogens (tertiary/aromatic N) is 2. The summed E-state index contributed by atoms with van der Waals surface area (Å²) in [6, 6.07) is 15.4. The van der Waals surface area contributed by atoms with Crippen molar-refractivity contribution in [2.24, 2.45) is 0 Å². The van der Waals surface area contributed by atoms with Crippen LogP contribution in [0.4, 0.5) is 0 Å². The Morgan fingerprint density at radius 2 is 2.00 bits per heavy atom. The van der Waals surface area contributed by atoms with Crippen LogP contribution in [0, 0.1) is 0 Å². The molecule has 8 heteroatoms. The van der Waals surface area contributed by atoms with Crippen molar-refractivity contribution in [2.45, 2.75) is 32.3 Å². The Bertz CT molecular complexity index is 1400. The molecule has 2 aromatic heterocycles. The third-order valence-electron chi connectivity index (χ3n) is 5.72. The summed E-state index contributed by atoms with van der Waals surface area (Å²) in [6.45, 7) is 1.96. The van der Waals surface area contributed by atoms with Crippen LogP contribution in [0.1, 0.15) is 34.3 Å². The molecule has 1 aliphatic heterocycles. The number of carbonyl (C=O) groups is 2. The van der Waals surface area contributed by atoms with Gasteiger partial charge in [-0.15, -0.1) is 11.3 Å². The summed E-state index contributed by atoms with van der Waals surface area (Å²) in [5.41, 5.74) is 4.43. The van der Waals surface area contributed by atoms with E-state index in [4.69, 9.17) is 16.3 Å². The number of para-hydroxylation sites is 2. The number of Topliss-reactive ketones (excluding diaryl/α,β-unsaturated/α-hetero) is 1. The Morgan fingerprint density at radius 1 is 1.18 bits per heavy atom. The molecule has 1 unspecified atom stereocenters. The van der Waals surface area contributed by atoms with Crippen LogP contribution < -0.4 is 10.1 Å². The fraction of sp³-hybridized carbons (Fsp3) is 0.231. The average molecular weight is 492 g/mol. The molecule has 1 aliphatic rings. The molecule has 0 saturated heterocycles. The van der Waals surface area contributed by atoms with Crippen LogP contribution >= 0.6 is 22.9 Å². The molecule has 3 heterocycles. The van der Waals surface area contributed by atoms with Crippen LogP contribution in [0.5, 0.6) is 5.75 Å². The van der Waals surface area contributed by atoms with Gasteiger partial charge in [0.05, 0.1) is 33.2 Å². The number of benzene rings is 2. The molecular formula is C26H22ClN3O3S. The maximum Gasteiger partial charge on any atom is 0.220 e. The average Bonchev–Trinajstić information content (AvgIpc) is 3.49. The van der Waals surface area contributed by atoms with E-state index < -0.39 is 0 Å². The molecule has 1 N–H and O–H groups in total. The lowest BCUT2D eigenvalue weighted by atomic mass is 10.1. The predicted molar refractivity (Wildman–Crippen MR) is 134 cm³/mol. The Balaban J connectivity index is 1.17. The number of carbonyl (C=O) groups excluding carboxylic acids is 2. The first-order valence-electron chi connectivity index (χ1n) is 11.0. The monoisotopic (exact) mass is 491 g/mol. The fourth-order valence-corrected chi connectivity index (χ4v) is 5.17. The van der Waals surface area contributed by atoms with E-state index in [1.54, 1.807) is 13.1 Å². The largest absolute Gasteiger partial charge is 0.486 e. The maximum atomic E-state index is 12.4. The van der Waals surface area contributed by atoms with Gasteiger partial charge >= 0.3 is 0 Å². The van der Waals surface area contributed by atoms with Crippen molar-refractivity contribution in [3.8, 4) is 16.2 Å². The van der Waals surface area contributed by atoms with Gasteiger partial charge in [0.2, 0.25) is 5.91 Å². The van der Waals surface area contributed by atoms with Gasteiger partial charge in [-0.25, -0.2) is 4.98 Å². The van der Waals surface area contributed by atoms with Gasteiger partial charge in [0.15, 0.2) is 5.78 Å². The zero-order valence-corrected chi connectivity index (χ0v) is 20.1. The summed E-state index contributed by atoms with van der Waals surface area (Å²) >= 11 is 7.95. The van der Waals surface area contributed by atoms with Gasteiger partial charge in [-0.2, -0.15) is 0 Å². The Morgan fingerprint density at radius 3 is 2.79 bits per heavy atom. The number of ketones is 1. The fourth-order valence-electron chi connectivity index (χ4n) is 4.00. The Labute approximate surface area is 206 Å². The highest BCUT2D eigenvalue weighted by molar-refractivity contribution is 7.17. The highest BCUT2D eigenvalue weighted by Gasteiger charge is 2.26. The second-order valence-electron chi connectivity index (χ2n) is 8.26. The van der Waals surface area contributed by atoms with Crippen molar-refractivity contribution < 1.29 is 14.3 Å². The molecule has 2 aromatic carbocycles. The first-order valence-corrected chi connectivity index (χ1v) is 12.2. The number of hydrogen-bond acceptors (Lipinski definition) is 6. The molecule has 6 nitrogen and oxygen atoms in total. The van der Waals surface area contributed by atoms with E-state index in [1.165, 1.54) is 11.3 Å². The molecule has 0 saturated carbocycles. The molecule has 4 aromatic rings. The topological polar surface area (TPSA) is 81.2 Å². The van der Waals surface area contributed by atoms with E-state index in [0.29, 0.717) is 36.6 Å². The zero-order chi connectivity index (χ0) is 23.7. The second-order valence-corrected chi connectivity index (χ2v) is 9.76.